The number of benzene rings is 1. The first-order valence-corrected chi connectivity index (χ1v) is 9.24. The molecule has 1 atom stereocenters. The fourth-order valence-electron chi connectivity index (χ4n) is 1.69. The van der Waals surface area contributed by atoms with E-state index >= 15 is 0 Å². The van der Waals surface area contributed by atoms with Crippen LogP contribution in [0.1, 0.15) is 13.3 Å². The number of carboxylic acids is 2. The molecule has 1 aromatic rings. The lowest BCUT2D eigenvalue weighted by Crippen LogP contribution is -2.32. The first kappa shape index (κ1) is 24.6. The molecule has 0 heterocycles. The predicted octanol–water partition coefficient (Wildman–Crippen LogP) is 1.22. The van der Waals surface area contributed by atoms with Gasteiger partial charge in [-0.2, -0.15) is 11.8 Å². The molecule has 11 heteroatoms. The molecule has 152 valence electrons. The van der Waals surface area contributed by atoms with Gasteiger partial charge in [-0.05, 0) is 30.5 Å². The Morgan fingerprint density at radius 3 is 2.48 bits per heavy atom. The monoisotopic (exact) mass is 404 g/mol. The summed E-state index contributed by atoms with van der Waals surface area (Å²) < 4.78 is 5.32. The highest BCUT2D eigenvalue weighted by atomic mass is 32.2. The van der Waals surface area contributed by atoms with Crippen molar-refractivity contribution in [2.75, 3.05) is 31.2 Å². The highest BCUT2D eigenvalue weighted by Gasteiger charge is 2.15. The van der Waals surface area contributed by atoms with Gasteiger partial charge in [0.1, 0.15) is 12.7 Å². The highest BCUT2D eigenvalue weighted by Crippen LogP contribution is 2.25. The van der Waals surface area contributed by atoms with Crippen LogP contribution in [0.15, 0.2) is 24.3 Å². The van der Waals surface area contributed by atoms with E-state index in [4.69, 9.17) is 24.5 Å². The summed E-state index contributed by atoms with van der Waals surface area (Å²) in [5, 5.41) is 38.5. The van der Waals surface area contributed by atoms with Crippen LogP contribution in [0.3, 0.4) is 0 Å². The zero-order valence-electron chi connectivity index (χ0n) is 14.9. The SMILES string of the molecule is CCSCCCNCC(O)COc1ccccc1[N+](=O)[O-].O=C(O)C(=O)O. The third kappa shape index (κ3) is 12.6. The summed E-state index contributed by atoms with van der Waals surface area (Å²) in [6.07, 6.45) is 0.361. The molecule has 0 aliphatic rings. The highest BCUT2D eigenvalue weighted by molar-refractivity contribution is 7.99. The molecule has 1 unspecified atom stereocenters. The number of nitrogens with zero attached hydrogens (tertiary/aromatic N) is 1. The van der Waals surface area contributed by atoms with E-state index in [0.29, 0.717) is 6.54 Å². The van der Waals surface area contributed by atoms with Crippen molar-refractivity contribution < 1.29 is 34.6 Å². The molecule has 0 aromatic heterocycles. The second-order valence-corrected chi connectivity index (χ2v) is 6.45. The van der Waals surface area contributed by atoms with Gasteiger partial charge < -0.3 is 25.4 Å². The Kier molecular flexibility index (Phi) is 13.5. The lowest BCUT2D eigenvalue weighted by Gasteiger charge is -2.13. The lowest BCUT2D eigenvalue weighted by atomic mass is 10.3. The molecule has 4 N–H and O–H groups in total. The Morgan fingerprint density at radius 2 is 1.93 bits per heavy atom. The first-order valence-electron chi connectivity index (χ1n) is 8.08. The second kappa shape index (κ2) is 14.8. The molecule has 27 heavy (non-hydrogen) atoms. The van der Waals surface area contributed by atoms with Gasteiger partial charge >= 0.3 is 17.6 Å². The van der Waals surface area contributed by atoms with Crippen LogP contribution in [0.4, 0.5) is 5.69 Å². The van der Waals surface area contributed by atoms with Crippen LogP contribution in [-0.4, -0.2) is 69.5 Å². The summed E-state index contributed by atoms with van der Waals surface area (Å²) in [5.74, 6) is -1.25. The fourth-order valence-corrected chi connectivity index (χ4v) is 2.32. The van der Waals surface area contributed by atoms with E-state index in [1.54, 1.807) is 12.1 Å². The van der Waals surface area contributed by atoms with Crippen molar-refractivity contribution >= 4 is 29.4 Å². The Hall–Kier alpha value is -2.37. The maximum atomic E-state index is 10.8. The van der Waals surface area contributed by atoms with Gasteiger partial charge in [0.05, 0.1) is 4.92 Å². The number of aliphatic hydroxyl groups excluding tert-OH is 1. The minimum Gasteiger partial charge on any atom is -0.484 e. The number of thioether (sulfide) groups is 1. The van der Waals surface area contributed by atoms with E-state index in [2.05, 4.69) is 12.2 Å². The van der Waals surface area contributed by atoms with Crippen molar-refractivity contribution in [3.05, 3.63) is 34.4 Å². The van der Waals surface area contributed by atoms with Gasteiger partial charge in [-0.25, -0.2) is 9.59 Å². The molecule has 0 saturated carbocycles. The van der Waals surface area contributed by atoms with Crippen LogP contribution >= 0.6 is 11.8 Å². The fraction of sp³-hybridized carbons (Fsp3) is 0.500. The summed E-state index contributed by atoms with van der Waals surface area (Å²) in [5.41, 5.74) is -0.0887. The van der Waals surface area contributed by atoms with Crippen LogP contribution in [0, 0.1) is 10.1 Å². The quantitative estimate of drug-likeness (QED) is 0.183. The summed E-state index contributed by atoms with van der Waals surface area (Å²) in [7, 11) is 0. The second-order valence-electron chi connectivity index (χ2n) is 5.05. The Labute approximate surface area is 160 Å². The molecule has 0 bridgehead atoms. The van der Waals surface area contributed by atoms with Crippen LogP contribution < -0.4 is 10.1 Å². The molecule has 0 spiro atoms. The average molecular weight is 404 g/mol. The zero-order chi connectivity index (χ0) is 20.7. The maximum absolute atomic E-state index is 10.8. The predicted molar refractivity (Wildman–Crippen MR) is 100 cm³/mol. The van der Waals surface area contributed by atoms with Gasteiger partial charge in [-0.15, -0.1) is 0 Å². The van der Waals surface area contributed by atoms with E-state index in [1.807, 2.05) is 11.8 Å². The Bertz CT molecular complexity index is 588. The van der Waals surface area contributed by atoms with Gasteiger partial charge in [0.25, 0.3) is 0 Å². The molecule has 0 aliphatic carbocycles. The molecule has 1 rings (SSSR count). The topological polar surface area (TPSA) is 159 Å². The van der Waals surface area contributed by atoms with Crippen LogP contribution in [-0.2, 0) is 9.59 Å². The average Bonchev–Trinajstić information content (AvgIpc) is 2.63. The van der Waals surface area contributed by atoms with Crippen LogP contribution in [0.5, 0.6) is 5.75 Å². The number of aliphatic carboxylic acids is 2. The summed E-state index contributed by atoms with van der Waals surface area (Å²) >= 11 is 1.89. The number of nitro groups is 1. The van der Waals surface area contributed by atoms with Crippen molar-refractivity contribution in [1.29, 1.82) is 0 Å². The molecule has 0 radical (unpaired) electrons. The van der Waals surface area contributed by atoms with E-state index < -0.39 is 23.0 Å². The number of hydrogen-bond donors (Lipinski definition) is 4. The number of para-hydroxylation sites is 2. The number of carbonyl (C=O) groups is 2. The number of aliphatic hydroxyl groups is 1. The minimum atomic E-state index is -1.82. The van der Waals surface area contributed by atoms with Crippen LogP contribution in [0.25, 0.3) is 0 Å². The number of carboxylic acid groups (broad SMARTS) is 2. The summed E-state index contributed by atoms with van der Waals surface area (Å²) in [4.78, 5) is 28.5. The number of nitrogens with one attached hydrogen (secondary N) is 1. The standard InChI is InChI=1S/C14H22N2O4S.C2H2O4/c1-2-21-9-5-8-15-10-12(17)11-20-14-7-4-3-6-13(14)16(18)19;3-1(4)2(5)6/h3-4,6-7,12,15,17H,2,5,8-11H2,1H3;(H,3,4)(H,5,6). The smallest absolute Gasteiger partial charge is 0.414 e. The maximum Gasteiger partial charge on any atom is 0.414 e. The van der Waals surface area contributed by atoms with Crippen molar-refractivity contribution in [3.63, 3.8) is 0 Å². The normalized spacial score (nSPS) is 11.0. The van der Waals surface area contributed by atoms with Gasteiger partial charge in [0.2, 0.25) is 0 Å². The molecule has 0 amide bonds. The summed E-state index contributed by atoms with van der Waals surface area (Å²) in [6.45, 7) is 3.41. The Balaban J connectivity index is 0.000000972. The number of ether oxygens (including phenoxy) is 1. The van der Waals surface area contributed by atoms with Crippen molar-refractivity contribution in [2.45, 2.75) is 19.4 Å². The van der Waals surface area contributed by atoms with Crippen LogP contribution in [0.2, 0.25) is 0 Å². The molecule has 1 aromatic carbocycles. The van der Waals surface area contributed by atoms with Crippen molar-refractivity contribution in [1.82, 2.24) is 5.32 Å². The minimum absolute atomic E-state index is 0.0293. The van der Waals surface area contributed by atoms with Gasteiger partial charge in [0.15, 0.2) is 5.75 Å². The molecule has 0 aliphatic heterocycles. The van der Waals surface area contributed by atoms with Gasteiger partial charge in [0, 0.05) is 12.6 Å². The van der Waals surface area contributed by atoms with E-state index in [1.165, 1.54) is 12.1 Å². The molecular weight excluding hydrogens is 380 g/mol. The van der Waals surface area contributed by atoms with Crippen molar-refractivity contribution in [2.24, 2.45) is 0 Å². The largest absolute Gasteiger partial charge is 0.484 e. The lowest BCUT2D eigenvalue weighted by molar-refractivity contribution is -0.385. The first-order chi connectivity index (χ1) is 12.8. The third-order valence-electron chi connectivity index (χ3n) is 2.90. The molecule has 0 fully saturated rings. The molecule has 10 nitrogen and oxygen atoms in total. The zero-order valence-corrected chi connectivity index (χ0v) is 15.7. The van der Waals surface area contributed by atoms with Gasteiger partial charge in [-0.3, -0.25) is 10.1 Å². The number of nitro benzene ring substituents is 1. The molecule has 0 saturated heterocycles. The summed E-state index contributed by atoms with van der Waals surface area (Å²) in [6, 6.07) is 6.15. The number of hydrogen-bond acceptors (Lipinski definition) is 8. The van der Waals surface area contributed by atoms with Crippen molar-refractivity contribution in [3.8, 4) is 5.75 Å². The Morgan fingerprint density at radius 1 is 1.30 bits per heavy atom. The van der Waals surface area contributed by atoms with Gasteiger partial charge in [-0.1, -0.05) is 19.1 Å². The number of rotatable bonds is 11. The van der Waals surface area contributed by atoms with E-state index in [0.717, 1.165) is 24.5 Å². The third-order valence-corrected chi connectivity index (χ3v) is 3.89. The van der Waals surface area contributed by atoms with E-state index in [-0.39, 0.29) is 18.0 Å². The molecular formula is C16H24N2O8S. The van der Waals surface area contributed by atoms with E-state index in [9.17, 15) is 15.2 Å².